The second-order valence-corrected chi connectivity index (χ2v) is 14.9. The number of primary amides is 2. The van der Waals surface area contributed by atoms with Crippen LogP contribution in [0, 0.1) is 0 Å². The summed E-state index contributed by atoms with van der Waals surface area (Å²) in [6.45, 7) is 1.51. The Balaban J connectivity index is 0.000000167. The van der Waals surface area contributed by atoms with Crippen molar-refractivity contribution >= 4 is 62.4 Å². The maximum Gasteiger partial charge on any atom is 0.259 e. The number of rotatable bonds is 15. The second-order valence-electron chi connectivity index (χ2n) is 13.0. The van der Waals surface area contributed by atoms with E-state index in [2.05, 4.69) is 56.1 Å². The van der Waals surface area contributed by atoms with E-state index in [1.165, 1.54) is 16.3 Å². The summed E-state index contributed by atoms with van der Waals surface area (Å²) < 4.78 is 35.8. The van der Waals surface area contributed by atoms with Crippen LogP contribution in [-0.4, -0.2) is 102 Å². The summed E-state index contributed by atoms with van der Waals surface area (Å²) in [7, 11) is -3.57. The molecule has 6 aromatic heterocycles. The number of furan rings is 2. The third-order valence-electron chi connectivity index (χ3n) is 8.23. The van der Waals surface area contributed by atoms with Gasteiger partial charge in [0.05, 0.1) is 25.6 Å². The number of nitrogens with zero attached hydrogens (tertiary/aromatic N) is 10. The van der Waals surface area contributed by atoms with Crippen LogP contribution in [0.1, 0.15) is 11.1 Å². The predicted octanol–water partition coefficient (Wildman–Crippen LogP) is 0.763. The van der Waals surface area contributed by atoms with Gasteiger partial charge in [-0.25, -0.2) is 8.42 Å². The fraction of sp³-hybridized carbons (Fsp3) is 0.189. The minimum absolute atomic E-state index is 0.0410. The fourth-order valence-corrected chi connectivity index (χ4v) is 5.81. The fourth-order valence-electron chi connectivity index (χ4n) is 5.30. The van der Waals surface area contributed by atoms with E-state index in [1.807, 2.05) is 48.5 Å². The molecule has 24 nitrogen and oxygen atoms in total. The first-order valence-corrected chi connectivity index (χ1v) is 20.4. The van der Waals surface area contributed by atoms with Crippen LogP contribution >= 0.6 is 0 Å². The van der Waals surface area contributed by atoms with Gasteiger partial charge >= 0.3 is 0 Å². The van der Waals surface area contributed by atoms with Gasteiger partial charge in [0.15, 0.2) is 11.5 Å². The van der Waals surface area contributed by atoms with Gasteiger partial charge in [-0.05, 0) is 79.0 Å². The Hall–Kier alpha value is -8.19. The maximum atomic E-state index is 11.4. The summed E-state index contributed by atoms with van der Waals surface area (Å²) in [4.78, 5) is 45.7. The zero-order valence-electron chi connectivity index (χ0n) is 33.0. The van der Waals surface area contributed by atoms with Crippen LogP contribution in [0.25, 0.3) is 34.7 Å². The van der Waals surface area contributed by atoms with Crippen LogP contribution in [0.5, 0.6) is 0 Å². The van der Waals surface area contributed by atoms with E-state index in [4.69, 9.17) is 37.5 Å². The second kappa shape index (κ2) is 19.7. The maximum absolute atomic E-state index is 11.4. The number of benzene rings is 2. The molecular weight excluding hydrogens is 825 g/mol. The molecule has 0 spiro atoms. The molecule has 0 aliphatic heterocycles. The SMILES string of the molecule is CS(=O)(=O)c1nc(N)n2nc(-c3ccco3)nc2n1.NC(=O)CNc1ccc(CCNc2nc(N)n3nc(-c4ccco4)nc3n2)cc1.NCCc1ccc(NCC(N)=O)cc1. The monoisotopic (exact) mass is 866 g/mol. The molecule has 8 aromatic rings. The lowest BCUT2D eigenvalue weighted by atomic mass is 10.1. The summed E-state index contributed by atoms with van der Waals surface area (Å²) in [5.74, 6) is 1.61. The van der Waals surface area contributed by atoms with E-state index in [0.29, 0.717) is 42.2 Å². The van der Waals surface area contributed by atoms with Crippen LogP contribution in [0.2, 0.25) is 0 Å². The Labute approximate surface area is 352 Å². The van der Waals surface area contributed by atoms with Crippen molar-refractivity contribution in [1.82, 2.24) is 49.1 Å². The molecule has 25 heteroatoms. The topological polar surface area (TPSA) is 373 Å². The molecule has 2 amide bonds. The summed E-state index contributed by atoms with van der Waals surface area (Å²) in [5.41, 5.74) is 31.2. The number of nitrogen functional groups attached to an aromatic ring is 2. The third kappa shape index (κ3) is 11.7. The lowest BCUT2D eigenvalue weighted by Gasteiger charge is -2.07. The van der Waals surface area contributed by atoms with Crippen molar-refractivity contribution in [2.45, 2.75) is 18.0 Å². The van der Waals surface area contributed by atoms with Crippen LogP contribution in [0.4, 0.5) is 29.2 Å². The van der Waals surface area contributed by atoms with Gasteiger partial charge in [-0.2, -0.15) is 38.9 Å². The highest BCUT2D eigenvalue weighted by Crippen LogP contribution is 2.19. The van der Waals surface area contributed by atoms with Crippen LogP contribution < -0.4 is 44.6 Å². The highest BCUT2D eigenvalue weighted by atomic mass is 32.2. The van der Waals surface area contributed by atoms with E-state index in [1.54, 1.807) is 30.5 Å². The molecule has 0 aliphatic carbocycles. The van der Waals surface area contributed by atoms with Crippen molar-refractivity contribution in [3.05, 3.63) is 96.4 Å². The van der Waals surface area contributed by atoms with Gasteiger partial charge in [-0.3, -0.25) is 9.59 Å². The predicted molar refractivity (Wildman–Crippen MR) is 228 cm³/mol. The molecule has 2 aromatic carbocycles. The van der Waals surface area contributed by atoms with Crippen molar-refractivity contribution in [3.63, 3.8) is 0 Å². The van der Waals surface area contributed by atoms with Gasteiger partial charge < -0.3 is 53.5 Å². The number of sulfone groups is 1. The van der Waals surface area contributed by atoms with E-state index in [-0.39, 0.29) is 42.5 Å². The number of carbonyl (C=O) groups excluding carboxylic acids is 2. The number of amides is 2. The normalized spacial score (nSPS) is 11.0. The molecule has 0 saturated heterocycles. The minimum atomic E-state index is -3.57. The highest BCUT2D eigenvalue weighted by Gasteiger charge is 2.18. The molecule has 62 heavy (non-hydrogen) atoms. The summed E-state index contributed by atoms with van der Waals surface area (Å²) in [6.07, 6.45) is 5.62. The smallest absolute Gasteiger partial charge is 0.259 e. The Morgan fingerprint density at radius 1 is 0.645 bits per heavy atom. The molecule has 0 radical (unpaired) electrons. The number of fused-ring (bicyclic) bond motifs is 2. The molecule has 0 aliphatic rings. The Morgan fingerprint density at radius 2 is 1.13 bits per heavy atom. The van der Waals surface area contributed by atoms with Crippen molar-refractivity contribution in [1.29, 1.82) is 0 Å². The molecular formula is C37H42N18O6S. The van der Waals surface area contributed by atoms with Crippen molar-refractivity contribution in [3.8, 4) is 23.2 Å². The molecule has 8 rings (SSSR count). The van der Waals surface area contributed by atoms with E-state index in [0.717, 1.165) is 40.6 Å². The third-order valence-corrected chi connectivity index (χ3v) is 9.08. The summed E-state index contributed by atoms with van der Waals surface area (Å²) in [5, 5.41) is 16.9. The average molecular weight is 867 g/mol. The highest BCUT2D eigenvalue weighted by molar-refractivity contribution is 7.90. The Morgan fingerprint density at radius 3 is 1.58 bits per heavy atom. The summed E-state index contributed by atoms with van der Waals surface area (Å²) >= 11 is 0. The Bertz CT molecular complexity index is 2850. The van der Waals surface area contributed by atoms with Gasteiger partial charge in [-0.1, -0.05) is 24.3 Å². The number of hydrogen-bond acceptors (Lipinski definition) is 20. The van der Waals surface area contributed by atoms with Gasteiger partial charge in [-0.15, -0.1) is 10.2 Å². The Kier molecular flexibility index (Phi) is 13.8. The van der Waals surface area contributed by atoms with Crippen LogP contribution in [-0.2, 0) is 32.3 Å². The molecule has 0 atom stereocenters. The van der Waals surface area contributed by atoms with E-state index >= 15 is 0 Å². The first-order valence-electron chi connectivity index (χ1n) is 18.5. The standard InChI is InChI=1S/C18H19N9O2.C10H15N3O.C9H8N6O3S/c19-14(28)10-22-12-5-3-11(4-6-12)7-8-21-17-24-16(20)27-18(25-17)23-15(26-27)13-2-1-9-29-13;11-6-5-8-1-3-9(4-2-8)13-7-10(12)14;1-19(16,17)9-12-7(10)15-8(13-9)11-6(14-15)5-3-2-4-18-5/h1-6,9,22H,7-8,10H2,(H2,19,28)(H3,20,21,23,24,25,26);1-4,13H,5-7,11H2,(H2,12,14);2-4H,1H3,(H2,10,11,12,13,14). The van der Waals surface area contributed by atoms with Crippen molar-refractivity contribution in [2.75, 3.05) is 59.9 Å². The first kappa shape index (κ1) is 43.4. The van der Waals surface area contributed by atoms with Crippen LogP contribution in [0.3, 0.4) is 0 Å². The summed E-state index contributed by atoms with van der Waals surface area (Å²) in [6, 6.07) is 22.4. The average Bonchev–Trinajstić information content (AvgIpc) is 4.08. The molecule has 6 heterocycles. The number of anilines is 5. The zero-order valence-corrected chi connectivity index (χ0v) is 33.9. The van der Waals surface area contributed by atoms with Gasteiger partial charge in [0.2, 0.25) is 51.1 Å². The van der Waals surface area contributed by atoms with Gasteiger partial charge in [0.1, 0.15) is 0 Å². The number of nitrogens with one attached hydrogen (secondary N) is 3. The van der Waals surface area contributed by atoms with Gasteiger partial charge in [0, 0.05) is 24.2 Å². The molecule has 13 N–H and O–H groups in total. The van der Waals surface area contributed by atoms with Crippen molar-refractivity contribution in [2.24, 2.45) is 17.2 Å². The lowest BCUT2D eigenvalue weighted by Crippen LogP contribution is -2.21. The van der Waals surface area contributed by atoms with E-state index < -0.39 is 20.9 Å². The van der Waals surface area contributed by atoms with E-state index in [9.17, 15) is 18.0 Å². The molecule has 322 valence electrons. The minimum Gasteiger partial charge on any atom is -0.461 e. The number of hydrogen-bond donors (Lipinski definition) is 8. The molecule has 0 fully saturated rings. The number of carbonyl (C=O) groups is 2. The quantitative estimate of drug-likeness (QED) is 0.0705. The molecule has 0 unspecified atom stereocenters. The zero-order chi connectivity index (χ0) is 44.2. The van der Waals surface area contributed by atoms with Crippen molar-refractivity contribution < 1.29 is 26.8 Å². The molecule has 0 bridgehead atoms. The number of aromatic nitrogens is 10. The van der Waals surface area contributed by atoms with Crippen LogP contribution in [0.15, 0.2) is 99.3 Å². The molecule has 0 saturated carbocycles. The van der Waals surface area contributed by atoms with Gasteiger partial charge in [0.25, 0.3) is 16.7 Å². The number of nitrogens with two attached hydrogens (primary N) is 5. The lowest BCUT2D eigenvalue weighted by molar-refractivity contribution is -0.117. The first-order chi connectivity index (χ1) is 29.7. The largest absolute Gasteiger partial charge is 0.461 e.